The fourth-order valence-electron chi connectivity index (χ4n) is 1.65. The molecular weight excluding hydrogens is 234 g/mol. The molecule has 0 aliphatic heterocycles. The number of pyridine rings is 1. The van der Waals surface area contributed by atoms with Crippen molar-refractivity contribution in [2.75, 3.05) is 0 Å². The van der Waals surface area contributed by atoms with Crippen LogP contribution in [0.25, 0.3) is 0 Å². The number of nitrogens with zero attached hydrogens (tertiary/aromatic N) is 1. The summed E-state index contributed by atoms with van der Waals surface area (Å²) in [6, 6.07) is 15.0. The molecule has 17 heavy (non-hydrogen) atoms. The van der Waals surface area contributed by atoms with Crippen LogP contribution >= 0.6 is 0 Å². The minimum atomic E-state index is -0.163. The first-order chi connectivity index (χ1) is 7.79. The van der Waals surface area contributed by atoms with Crippen molar-refractivity contribution in [3.8, 4) is 0 Å². The molecule has 2 aromatic rings. The van der Waals surface area contributed by atoms with Crippen LogP contribution in [0, 0.1) is 0 Å². The van der Waals surface area contributed by atoms with Crippen molar-refractivity contribution in [3.05, 3.63) is 66.5 Å². The van der Waals surface area contributed by atoms with Crippen LogP contribution in [0.15, 0.2) is 60.9 Å². The lowest BCUT2D eigenvalue weighted by molar-refractivity contribution is -0.704. The van der Waals surface area contributed by atoms with E-state index in [1.54, 1.807) is 0 Å². The molecule has 1 heterocycles. The van der Waals surface area contributed by atoms with E-state index in [0.717, 1.165) is 5.56 Å². The summed E-state index contributed by atoms with van der Waals surface area (Å²) in [5, 5.41) is 0. The Morgan fingerprint density at radius 3 is 2.12 bits per heavy atom. The molecule has 1 unspecified atom stereocenters. The Hall–Kier alpha value is -1.67. The number of carbonyl (C=O) groups excluding carboxylic acids is 1. The molecule has 0 spiro atoms. The van der Waals surface area contributed by atoms with Gasteiger partial charge in [-0.1, -0.05) is 36.4 Å². The summed E-state index contributed by atoms with van der Waals surface area (Å²) < 4.78 is 1.91. The summed E-state index contributed by atoms with van der Waals surface area (Å²) in [5.41, 5.74) is 0.756. The molecule has 88 valence electrons. The Labute approximate surface area is 107 Å². The van der Waals surface area contributed by atoms with Gasteiger partial charge in [-0.3, -0.25) is 4.79 Å². The monoisotopic (exact) mass is 247 g/mol. The zero-order valence-electron chi connectivity index (χ0n) is 9.58. The third-order valence-electron chi connectivity index (χ3n) is 2.62. The van der Waals surface area contributed by atoms with Crippen molar-refractivity contribution in [1.82, 2.24) is 0 Å². The van der Waals surface area contributed by atoms with Crippen LogP contribution in [0.1, 0.15) is 23.3 Å². The van der Waals surface area contributed by atoms with Gasteiger partial charge in [-0.15, -0.1) is 0 Å². The maximum Gasteiger partial charge on any atom is 0.230 e. The van der Waals surface area contributed by atoms with Gasteiger partial charge in [0.1, 0.15) is 0 Å². The number of rotatable bonds is 3. The van der Waals surface area contributed by atoms with Crippen LogP contribution in [0.3, 0.4) is 0 Å². The van der Waals surface area contributed by atoms with Crippen LogP contribution in [0.4, 0.5) is 0 Å². The lowest BCUT2D eigenvalue weighted by Gasteiger charge is -2.05. The molecular formula is C14H14ClNO. The number of ketones is 1. The first-order valence-corrected chi connectivity index (χ1v) is 5.34. The largest absolute Gasteiger partial charge is 1.00 e. The lowest BCUT2D eigenvalue weighted by Crippen LogP contribution is -3.00. The normalized spacial score (nSPS) is 11.4. The summed E-state index contributed by atoms with van der Waals surface area (Å²) in [4.78, 5) is 12.1. The number of aromatic nitrogens is 1. The molecule has 0 saturated heterocycles. The molecule has 2 rings (SSSR count). The van der Waals surface area contributed by atoms with Crippen molar-refractivity contribution >= 4 is 5.78 Å². The zero-order valence-corrected chi connectivity index (χ0v) is 10.3. The van der Waals surface area contributed by atoms with Crippen LogP contribution in [-0.2, 0) is 0 Å². The summed E-state index contributed by atoms with van der Waals surface area (Å²) in [7, 11) is 0. The second kappa shape index (κ2) is 6.16. The van der Waals surface area contributed by atoms with Crippen molar-refractivity contribution in [2.45, 2.75) is 13.0 Å². The molecule has 0 aliphatic carbocycles. The first kappa shape index (κ1) is 13.4. The van der Waals surface area contributed by atoms with E-state index in [9.17, 15) is 4.79 Å². The standard InChI is InChI=1S/C14H14NO.ClH/c1-12(15-10-6-3-7-11-15)14(16)13-8-4-2-5-9-13;/h2-12H,1H3;1H/q+1;/p-1. The number of carbonyl (C=O) groups is 1. The highest BCUT2D eigenvalue weighted by atomic mass is 35.5. The lowest BCUT2D eigenvalue weighted by atomic mass is 10.1. The number of benzene rings is 1. The van der Waals surface area contributed by atoms with Crippen LogP contribution < -0.4 is 17.0 Å². The Morgan fingerprint density at radius 1 is 1.00 bits per heavy atom. The van der Waals surface area contributed by atoms with Gasteiger partial charge in [0.15, 0.2) is 12.4 Å². The van der Waals surface area contributed by atoms with Crippen molar-refractivity contribution in [2.24, 2.45) is 0 Å². The van der Waals surface area contributed by atoms with Gasteiger partial charge in [-0.25, -0.2) is 0 Å². The maximum atomic E-state index is 12.1. The average molecular weight is 248 g/mol. The smallest absolute Gasteiger partial charge is 0.230 e. The molecule has 0 amide bonds. The predicted octanol–water partition coefficient (Wildman–Crippen LogP) is -0.578. The minimum Gasteiger partial charge on any atom is -1.00 e. The van der Waals surface area contributed by atoms with Gasteiger partial charge in [-0.05, 0) is 0 Å². The molecule has 0 N–H and O–H groups in total. The van der Waals surface area contributed by atoms with Crippen molar-refractivity contribution in [1.29, 1.82) is 0 Å². The van der Waals surface area contributed by atoms with E-state index in [0.29, 0.717) is 0 Å². The third kappa shape index (κ3) is 3.14. The number of halogens is 1. The van der Waals surface area contributed by atoms with Gasteiger partial charge in [0.2, 0.25) is 11.8 Å². The molecule has 2 nitrogen and oxygen atoms in total. The summed E-state index contributed by atoms with van der Waals surface area (Å²) in [5.74, 6) is 0.136. The van der Waals surface area contributed by atoms with E-state index in [-0.39, 0.29) is 24.2 Å². The second-order valence-corrected chi connectivity index (χ2v) is 3.73. The van der Waals surface area contributed by atoms with E-state index in [1.165, 1.54) is 0 Å². The Kier molecular flexibility index (Phi) is 4.85. The highest BCUT2D eigenvalue weighted by molar-refractivity contribution is 5.97. The summed E-state index contributed by atoms with van der Waals surface area (Å²) >= 11 is 0. The minimum absolute atomic E-state index is 0. The van der Waals surface area contributed by atoms with E-state index in [2.05, 4.69) is 0 Å². The van der Waals surface area contributed by atoms with E-state index in [1.807, 2.05) is 72.4 Å². The van der Waals surface area contributed by atoms with Gasteiger partial charge < -0.3 is 12.4 Å². The van der Waals surface area contributed by atoms with Gasteiger partial charge >= 0.3 is 0 Å². The molecule has 0 radical (unpaired) electrons. The first-order valence-electron chi connectivity index (χ1n) is 5.34. The highest BCUT2D eigenvalue weighted by Gasteiger charge is 2.22. The average Bonchev–Trinajstić information content (AvgIpc) is 2.39. The Morgan fingerprint density at radius 2 is 1.53 bits per heavy atom. The molecule has 0 bridgehead atoms. The maximum absolute atomic E-state index is 12.1. The summed E-state index contributed by atoms with van der Waals surface area (Å²) in [6.45, 7) is 1.91. The van der Waals surface area contributed by atoms with Gasteiger partial charge in [0.05, 0.1) is 0 Å². The van der Waals surface area contributed by atoms with Gasteiger partial charge in [0.25, 0.3) is 0 Å². The van der Waals surface area contributed by atoms with Crippen LogP contribution in [0.5, 0.6) is 0 Å². The number of Topliss-reactive ketones (excluding diaryl/α,β-unsaturated/α-hetero) is 1. The van der Waals surface area contributed by atoms with Crippen molar-refractivity contribution in [3.63, 3.8) is 0 Å². The Bertz CT molecular complexity index is 470. The van der Waals surface area contributed by atoms with Crippen LogP contribution in [0.2, 0.25) is 0 Å². The van der Waals surface area contributed by atoms with Gasteiger partial charge in [0, 0.05) is 24.6 Å². The van der Waals surface area contributed by atoms with E-state index in [4.69, 9.17) is 0 Å². The van der Waals surface area contributed by atoms with Crippen molar-refractivity contribution < 1.29 is 21.8 Å². The predicted molar refractivity (Wildman–Crippen MR) is 62.1 cm³/mol. The molecule has 0 aliphatic rings. The zero-order chi connectivity index (χ0) is 11.4. The summed E-state index contributed by atoms with van der Waals surface area (Å²) in [6.07, 6.45) is 3.82. The number of hydrogen-bond donors (Lipinski definition) is 0. The van der Waals surface area contributed by atoms with E-state index < -0.39 is 0 Å². The SMILES string of the molecule is CC(C(=O)c1ccccc1)[n+]1ccccc1.[Cl-]. The number of hydrogen-bond acceptors (Lipinski definition) is 1. The molecule has 0 saturated carbocycles. The molecule has 3 heteroatoms. The van der Waals surface area contributed by atoms with Crippen LogP contribution in [-0.4, -0.2) is 5.78 Å². The molecule has 1 aromatic heterocycles. The fourth-order valence-corrected chi connectivity index (χ4v) is 1.65. The topological polar surface area (TPSA) is 20.9 Å². The Balaban J connectivity index is 0.00000144. The molecule has 1 aromatic carbocycles. The second-order valence-electron chi connectivity index (χ2n) is 3.73. The molecule has 1 atom stereocenters. The molecule has 0 fully saturated rings. The van der Waals surface area contributed by atoms with Gasteiger partial charge in [-0.2, -0.15) is 4.57 Å². The quantitative estimate of drug-likeness (QED) is 0.525. The third-order valence-corrected chi connectivity index (χ3v) is 2.62. The fraction of sp³-hybridized carbons (Fsp3) is 0.143. The van der Waals surface area contributed by atoms with E-state index >= 15 is 0 Å². The highest BCUT2D eigenvalue weighted by Crippen LogP contribution is 2.07.